The van der Waals surface area contributed by atoms with Gasteiger partial charge in [-0.2, -0.15) is 5.10 Å². The average Bonchev–Trinajstić information content (AvgIpc) is 2.85. The Labute approximate surface area is 140 Å². The summed E-state index contributed by atoms with van der Waals surface area (Å²) in [5.41, 5.74) is 1.62. The topological polar surface area (TPSA) is 77.6 Å². The van der Waals surface area contributed by atoms with Crippen molar-refractivity contribution in [2.45, 2.75) is 26.4 Å². The molecule has 0 fully saturated rings. The Morgan fingerprint density at radius 3 is 2.67 bits per heavy atom. The molecule has 0 bridgehead atoms. The second-order valence-electron chi connectivity index (χ2n) is 6.15. The first-order chi connectivity index (χ1) is 11.2. The summed E-state index contributed by atoms with van der Waals surface area (Å²) in [5.74, 6) is 0. The van der Waals surface area contributed by atoms with Gasteiger partial charge in [0.2, 0.25) is 0 Å². The van der Waals surface area contributed by atoms with Gasteiger partial charge in [-0.15, -0.1) is 0 Å². The third kappa shape index (κ3) is 3.79. The van der Waals surface area contributed by atoms with Crippen LogP contribution in [0.25, 0.3) is 16.0 Å². The SMILES string of the molecule is [C-]#[N+]c1ccc(-c2cnn(C)c2C=O)c(NC(=O)OC(C)(C)C)c1. The maximum atomic E-state index is 12.1. The first-order valence-electron chi connectivity index (χ1n) is 7.24. The molecule has 0 atom stereocenters. The molecule has 0 spiro atoms. The third-order valence-electron chi connectivity index (χ3n) is 3.15. The Hall–Kier alpha value is -3.14. The second-order valence-corrected chi connectivity index (χ2v) is 6.15. The van der Waals surface area contributed by atoms with Gasteiger partial charge in [0.15, 0.2) is 12.0 Å². The minimum Gasteiger partial charge on any atom is -0.444 e. The number of benzene rings is 1. The van der Waals surface area contributed by atoms with Crippen molar-refractivity contribution in [2.75, 3.05) is 5.32 Å². The minimum absolute atomic E-state index is 0.362. The molecule has 1 N–H and O–H groups in total. The number of rotatable bonds is 3. The summed E-state index contributed by atoms with van der Waals surface area (Å²) in [6.07, 6.45) is 1.60. The second kappa shape index (κ2) is 6.54. The summed E-state index contributed by atoms with van der Waals surface area (Å²) in [6, 6.07) is 4.82. The van der Waals surface area contributed by atoms with E-state index in [1.54, 1.807) is 40.0 Å². The van der Waals surface area contributed by atoms with Gasteiger partial charge < -0.3 is 4.74 Å². The molecule has 0 aliphatic carbocycles. The van der Waals surface area contributed by atoms with Crippen LogP contribution in [0.3, 0.4) is 0 Å². The quantitative estimate of drug-likeness (QED) is 0.687. The van der Waals surface area contributed by atoms with Crippen molar-refractivity contribution in [2.24, 2.45) is 7.05 Å². The first kappa shape index (κ1) is 17.2. The molecule has 24 heavy (non-hydrogen) atoms. The minimum atomic E-state index is -0.649. The van der Waals surface area contributed by atoms with Gasteiger partial charge in [-0.1, -0.05) is 12.1 Å². The number of hydrogen-bond donors (Lipinski definition) is 1. The molecular formula is C17H18N4O3. The highest BCUT2D eigenvalue weighted by atomic mass is 16.6. The molecule has 1 amide bonds. The van der Waals surface area contributed by atoms with E-state index < -0.39 is 11.7 Å². The van der Waals surface area contributed by atoms with Crippen molar-refractivity contribution in [1.82, 2.24) is 9.78 Å². The zero-order chi connectivity index (χ0) is 17.9. The van der Waals surface area contributed by atoms with Crippen molar-refractivity contribution < 1.29 is 14.3 Å². The molecule has 0 radical (unpaired) electrons. The first-order valence-corrected chi connectivity index (χ1v) is 7.24. The molecule has 1 aromatic heterocycles. The Bertz CT molecular complexity index is 825. The van der Waals surface area contributed by atoms with E-state index in [0.717, 1.165) is 0 Å². The number of aldehydes is 1. The van der Waals surface area contributed by atoms with Crippen LogP contribution in [0.5, 0.6) is 0 Å². The van der Waals surface area contributed by atoms with Crippen LogP contribution in [0.15, 0.2) is 24.4 Å². The number of carbonyl (C=O) groups excluding carboxylic acids is 2. The van der Waals surface area contributed by atoms with Crippen molar-refractivity contribution in [3.05, 3.63) is 41.5 Å². The third-order valence-corrected chi connectivity index (χ3v) is 3.15. The molecule has 2 rings (SSSR count). The Balaban J connectivity index is 2.47. The van der Waals surface area contributed by atoms with E-state index in [4.69, 9.17) is 11.3 Å². The highest BCUT2D eigenvalue weighted by Gasteiger charge is 2.19. The van der Waals surface area contributed by atoms with Crippen molar-refractivity contribution in [3.63, 3.8) is 0 Å². The smallest absolute Gasteiger partial charge is 0.412 e. The van der Waals surface area contributed by atoms with Crippen LogP contribution >= 0.6 is 0 Å². The fourth-order valence-electron chi connectivity index (χ4n) is 2.15. The lowest BCUT2D eigenvalue weighted by Gasteiger charge is -2.20. The van der Waals surface area contributed by atoms with Crippen LogP contribution in [-0.2, 0) is 11.8 Å². The number of anilines is 1. The van der Waals surface area contributed by atoms with Gasteiger partial charge >= 0.3 is 6.09 Å². The molecular weight excluding hydrogens is 308 g/mol. The molecule has 0 saturated carbocycles. The molecule has 0 unspecified atom stereocenters. The van der Waals surface area contributed by atoms with E-state index >= 15 is 0 Å². The molecule has 0 aliphatic heterocycles. The van der Waals surface area contributed by atoms with Gasteiger partial charge in [0.05, 0.1) is 12.8 Å². The van der Waals surface area contributed by atoms with Gasteiger partial charge in [-0.05, 0) is 26.8 Å². The van der Waals surface area contributed by atoms with Crippen molar-refractivity contribution >= 4 is 23.8 Å². The maximum Gasteiger partial charge on any atom is 0.412 e. The standard InChI is InChI=1S/C17H18N4O3/c1-17(2,3)24-16(23)20-14-8-11(18-4)6-7-12(14)13-9-19-21(5)15(13)10-22/h6-10H,1-3,5H3,(H,20,23). The number of ether oxygens (including phenoxy) is 1. The zero-order valence-corrected chi connectivity index (χ0v) is 14.0. The summed E-state index contributed by atoms with van der Waals surface area (Å²) < 4.78 is 6.70. The average molecular weight is 326 g/mol. The number of aromatic nitrogens is 2. The Kier molecular flexibility index (Phi) is 4.69. The zero-order valence-electron chi connectivity index (χ0n) is 14.0. The fraction of sp³-hybridized carbons (Fsp3) is 0.294. The Morgan fingerprint density at radius 2 is 2.08 bits per heavy atom. The lowest BCUT2D eigenvalue weighted by atomic mass is 10.0. The predicted octanol–water partition coefficient (Wildman–Crippen LogP) is 3.80. The number of nitrogens with one attached hydrogen (secondary N) is 1. The molecule has 2 aromatic rings. The van der Waals surface area contributed by atoms with E-state index in [0.29, 0.717) is 34.5 Å². The summed E-state index contributed by atoms with van der Waals surface area (Å²) in [4.78, 5) is 26.7. The predicted molar refractivity (Wildman–Crippen MR) is 90.2 cm³/mol. The van der Waals surface area contributed by atoms with Crippen molar-refractivity contribution in [1.29, 1.82) is 0 Å². The number of aryl methyl sites for hydroxylation is 1. The van der Waals surface area contributed by atoms with Gasteiger partial charge in [0.1, 0.15) is 11.3 Å². The maximum absolute atomic E-state index is 12.1. The van der Waals surface area contributed by atoms with Crippen LogP contribution in [-0.4, -0.2) is 27.8 Å². The molecule has 7 nitrogen and oxygen atoms in total. The monoisotopic (exact) mass is 326 g/mol. The van der Waals surface area contributed by atoms with E-state index in [1.165, 1.54) is 16.9 Å². The van der Waals surface area contributed by atoms with Crippen LogP contribution in [0.2, 0.25) is 0 Å². The van der Waals surface area contributed by atoms with Crippen LogP contribution in [0, 0.1) is 6.57 Å². The van der Waals surface area contributed by atoms with E-state index in [-0.39, 0.29) is 0 Å². The lowest BCUT2D eigenvalue weighted by molar-refractivity contribution is 0.0636. The van der Waals surface area contributed by atoms with Crippen LogP contribution in [0.1, 0.15) is 31.3 Å². The fourth-order valence-corrected chi connectivity index (χ4v) is 2.15. The Morgan fingerprint density at radius 1 is 1.38 bits per heavy atom. The van der Waals surface area contributed by atoms with E-state index in [2.05, 4.69) is 15.3 Å². The summed E-state index contributed by atoms with van der Waals surface area (Å²) in [5, 5.41) is 6.71. The summed E-state index contributed by atoms with van der Waals surface area (Å²) >= 11 is 0. The van der Waals surface area contributed by atoms with E-state index in [1.807, 2.05) is 0 Å². The van der Waals surface area contributed by atoms with Gasteiger partial charge in [0.25, 0.3) is 0 Å². The highest BCUT2D eigenvalue weighted by molar-refractivity contribution is 5.96. The van der Waals surface area contributed by atoms with Gasteiger partial charge in [0, 0.05) is 23.9 Å². The molecule has 0 saturated heterocycles. The van der Waals surface area contributed by atoms with Crippen LogP contribution < -0.4 is 5.32 Å². The number of nitrogens with zero attached hydrogens (tertiary/aromatic N) is 3. The number of amides is 1. The van der Waals surface area contributed by atoms with Gasteiger partial charge in [-0.25, -0.2) is 9.64 Å². The number of hydrogen-bond acceptors (Lipinski definition) is 4. The molecule has 0 aliphatic rings. The molecule has 1 heterocycles. The van der Waals surface area contributed by atoms with Crippen LogP contribution in [0.4, 0.5) is 16.2 Å². The van der Waals surface area contributed by atoms with E-state index in [9.17, 15) is 9.59 Å². The van der Waals surface area contributed by atoms with Crippen molar-refractivity contribution in [3.8, 4) is 11.1 Å². The lowest BCUT2D eigenvalue weighted by Crippen LogP contribution is -2.27. The molecule has 7 heteroatoms. The molecule has 124 valence electrons. The summed E-state index contributed by atoms with van der Waals surface area (Å²) in [6.45, 7) is 12.4. The molecule has 1 aromatic carbocycles. The largest absolute Gasteiger partial charge is 0.444 e. The number of carbonyl (C=O) groups is 2. The highest BCUT2D eigenvalue weighted by Crippen LogP contribution is 2.33. The summed E-state index contributed by atoms with van der Waals surface area (Å²) in [7, 11) is 1.65. The van der Waals surface area contributed by atoms with Gasteiger partial charge in [-0.3, -0.25) is 14.8 Å². The normalized spacial score (nSPS) is 10.8.